The number of carbonyl (C=O) groups is 1. The summed E-state index contributed by atoms with van der Waals surface area (Å²) in [6, 6.07) is 13.5. The molecule has 1 heterocycles. The molecule has 0 saturated carbocycles. The summed E-state index contributed by atoms with van der Waals surface area (Å²) in [6.07, 6.45) is 5.38. The predicted molar refractivity (Wildman–Crippen MR) is 89.4 cm³/mol. The van der Waals surface area contributed by atoms with Crippen LogP contribution >= 0.6 is 0 Å². The Bertz CT molecular complexity index is 836. The number of likely N-dealkylation sites (N-methyl/N-ethyl adjacent to an activating group) is 1. The maximum absolute atomic E-state index is 12.3. The minimum atomic E-state index is -0.485. The molecule has 0 radical (unpaired) electrons. The molecule has 0 amide bonds. The molecule has 0 saturated heterocycles. The fraction of sp³-hybridized carbons (Fsp3) is 0.0556. The van der Waals surface area contributed by atoms with Crippen molar-refractivity contribution in [1.29, 1.82) is 0 Å². The molecule has 5 nitrogen and oxygen atoms in total. The number of anilines is 1. The number of ketones is 1. The number of hydrogen-bond acceptors (Lipinski definition) is 4. The van der Waals surface area contributed by atoms with Crippen molar-refractivity contribution >= 4 is 23.2 Å². The van der Waals surface area contributed by atoms with E-state index < -0.39 is 4.92 Å². The van der Waals surface area contributed by atoms with Gasteiger partial charge in [-0.25, -0.2) is 0 Å². The van der Waals surface area contributed by atoms with Gasteiger partial charge < -0.3 is 4.90 Å². The number of fused-ring (bicyclic) bond motifs is 1. The highest BCUT2D eigenvalue weighted by molar-refractivity contribution is 6.06. The molecule has 2 aromatic carbocycles. The number of nitrogens with zero attached hydrogens (tertiary/aromatic N) is 2. The number of nitro benzene ring substituents is 1. The SMILES string of the molecule is CN1/C(=C/C(=O)c2ccc([N+](=O)[O-])cc2)C=Cc2ccccc21. The van der Waals surface area contributed by atoms with Crippen molar-refractivity contribution in [3.63, 3.8) is 0 Å². The summed E-state index contributed by atoms with van der Waals surface area (Å²) in [4.78, 5) is 24.5. The molecule has 1 aliphatic heterocycles. The van der Waals surface area contributed by atoms with Gasteiger partial charge >= 0.3 is 0 Å². The van der Waals surface area contributed by atoms with Crippen LogP contribution in [0.2, 0.25) is 0 Å². The molecule has 0 atom stereocenters. The third-order valence-electron chi connectivity index (χ3n) is 3.76. The number of allylic oxidation sites excluding steroid dienone is 2. The van der Waals surface area contributed by atoms with Gasteiger partial charge in [-0.3, -0.25) is 14.9 Å². The van der Waals surface area contributed by atoms with Crippen LogP contribution in [0.5, 0.6) is 0 Å². The second-order valence-electron chi connectivity index (χ2n) is 5.19. The summed E-state index contributed by atoms with van der Waals surface area (Å²) in [5, 5.41) is 10.7. The van der Waals surface area contributed by atoms with Crippen molar-refractivity contribution in [2.24, 2.45) is 0 Å². The highest BCUT2D eigenvalue weighted by Crippen LogP contribution is 2.29. The van der Waals surface area contributed by atoms with E-state index in [4.69, 9.17) is 0 Å². The molecule has 114 valence electrons. The number of nitro groups is 1. The Morgan fingerprint density at radius 2 is 1.78 bits per heavy atom. The van der Waals surface area contributed by atoms with Crippen LogP contribution in [0.25, 0.3) is 6.08 Å². The molecule has 0 spiro atoms. The topological polar surface area (TPSA) is 63.5 Å². The number of carbonyl (C=O) groups excluding carboxylic acids is 1. The molecular weight excluding hydrogens is 292 g/mol. The largest absolute Gasteiger partial charge is 0.344 e. The molecule has 5 heteroatoms. The molecule has 0 fully saturated rings. The maximum atomic E-state index is 12.3. The fourth-order valence-corrected chi connectivity index (χ4v) is 2.47. The van der Waals surface area contributed by atoms with E-state index in [2.05, 4.69) is 0 Å². The number of para-hydroxylation sites is 1. The highest BCUT2D eigenvalue weighted by atomic mass is 16.6. The van der Waals surface area contributed by atoms with E-state index in [1.807, 2.05) is 48.4 Å². The van der Waals surface area contributed by atoms with Gasteiger partial charge in [0.15, 0.2) is 5.78 Å². The zero-order valence-corrected chi connectivity index (χ0v) is 12.5. The van der Waals surface area contributed by atoms with Gasteiger partial charge in [0, 0.05) is 42.2 Å². The molecule has 0 aliphatic carbocycles. The molecule has 1 aliphatic rings. The summed E-state index contributed by atoms with van der Waals surface area (Å²) >= 11 is 0. The van der Waals surface area contributed by atoms with Gasteiger partial charge in [-0.2, -0.15) is 0 Å². The van der Waals surface area contributed by atoms with Crippen LogP contribution in [0.4, 0.5) is 11.4 Å². The highest BCUT2D eigenvalue weighted by Gasteiger charge is 2.15. The Hall–Kier alpha value is -3.21. The van der Waals surface area contributed by atoms with Crippen molar-refractivity contribution < 1.29 is 9.72 Å². The van der Waals surface area contributed by atoms with Gasteiger partial charge in [0.25, 0.3) is 5.69 Å². The van der Waals surface area contributed by atoms with Crippen LogP contribution in [0.15, 0.2) is 66.4 Å². The summed E-state index contributed by atoms with van der Waals surface area (Å²) in [7, 11) is 1.90. The molecule has 0 N–H and O–H groups in total. The molecule has 3 rings (SSSR count). The predicted octanol–water partition coefficient (Wildman–Crippen LogP) is 3.82. The van der Waals surface area contributed by atoms with E-state index in [1.165, 1.54) is 30.3 Å². The summed E-state index contributed by atoms with van der Waals surface area (Å²) in [5.41, 5.74) is 3.28. The normalized spacial score (nSPS) is 14.7. The number of benzene rings is 2. The maximum Gasteiger partial charge on any atom is 0.269 e. The Balaban J connectivity index is 1.87. The van der Waals surface area contributed by atoms with Gasteiger partial charge in [0.2, 0.25) is 0 Å². The van der Waals surface area contributed by atoms with Crippen LogP contribution in [0.3, 0.4) is 0 Å². The zero-order valence-electron chi connectivity index (χ0n) is 12.5. The van der Waals surface area contributed by atoms with Crippen molar-refractivity contribution in [3.05, 3.63) is 87.6 Å². The Morgan fingerprint density at radius 3 is 2.48 bits per heavy atom. The summed E-state index contributed by atoms with van der Waals surface area (Å²) in [6.45, 7) is 0. The lowest BCUT2D eigenvalue weighted by molar-refractivity contribution is -0.384. The van der Waals surface area contributed by atoms with Crippen LogP contribution in [-0.2, 0) is 0 Å². The number of rotatable bonds is 3. The third-order valence-corrected chi connectivity index (χ3v) is 3.76. The minimum absolute atomic E-state index is 0.0298. The van der Waals surface area contributed by atoms with E-state index in [0.29, 0.717) is 5.56 Å². The van der Waals surface area contributed by atoms with Crippen LogP contribution < -0.4 is 4.90 Å². The summed E-state index contributed by atoms with van der Waals surface area (Å²) < 4.78 is 0. The summed E-state index contributed by atoms with van der Waals surface area (Å²) in [5.74, 6) is -0.189. The molecular formula is C18H14N2O3. The first-order valence-corrected chi connectivity index (χ1v) is 7.07. The quantitative estimate of drug-likeness (QED) is 0.374. The third kappa shape index (κ3) is 2.89. The average Bonchev–Trinajstić information content (AvgIpc) is 2.57. The van der Waals surface area contributed by atoms with E-state index in [9.17, 15) is 14.9 Å². The van der Waals surface area contributed by atoms with Gasteiger partial charge in [0.1, 0.15) is 0 Å². The first kappa shape index (κ1) is 14.7. The fourth-order valence-electron chi connectivity index (χ4n) is 2.47. The lowest BCUT2D eigenvalue weighted by atomic mass is 10.0. The number of hydrogen-bond donors (Lipinski definition) is 0. The Kier molecular flexibility index (Phi) is 3.76. The Morgan fingerprint density at radius 1 is 1.09 bits per heavy atom. The molecule has 0 aromatic heterocycles. The van der Waals surface area contributed by atoms with E-state index in [0.717, 1.165) is 16.9 Å². The van der Waals surface area contributed by atoms with Crippen molar-refractivity contribution in [2.45, 2.75) is 0 Å². The molecule has 2 aromatic rings. The van der Waals surface area contributed by atoms with Crippen molar-refractivity contribution in [1.82, 2.24) is 0 Å². The van der Waals surface area contributed by atoms with Gasteiger partial charge in [-0.1, -0.05) is 24.3 Å². The lowest BCUT2D eigenvalue weighted by Crippen LogP contribution is -2.19. The van der Waals surface area contributed by atoms with Crippen molar-refractivity contribution in [3.8, 4) is 0 Å². The van der Waals surface area contributed by atoms with Gasteiger partial charge in [-0.05, 0) is 29.8 Å². The molecule has 0 bridgehead atoms. The minimum Gasteiger partial charge on any atom is -0.344 e. The van der Waals surface area contributed by atoms with E-state index in [-0.39, 0.29) is 11.5 Å². The van der Waals surface area contributed by atoms with Crippen LogP contribution in [-0.4, -0.2) is 17.8 Å². The monoisotopic (exact) mass is 306 g/mol. The second kappa shape index (κ2) is 5.88. The molecule has 23 heavy (non-hydrogen) atoms. The number of non-ortho nitro benzene ring substituents is 1. The second-order valence-corrected chi connectivity index (χ2v) is 5.19. The zero-order chi connectivity index (χ0) is 16.4. The first-order chi connectivity index (χ1) is 11.1. The van der Waals surface area contributed by atoms with E-state index >= 15 is 0 Å². The van der Waals surface area contributed by atoms with Crippen molar-refractivity contribution in [2.75, 3.05) is 11.9 Å². The Labute approximate surface area is 133 Å². The lowest BCUT2D eigenvalue weighted by Gasteiger charge is -2.26. The standard InChI is InChI=1S/C18H14N2O3/c1-19-16(11-6-13-4-2-3-5-17(13)19)12-18(21)14-7-9-15(10-8-14)20(22)23/h2-12H,1H3/b16-12+. The van der Waals surface area contributed by atoms with E-state index in [1.54, 1.807) is 0 Å². The average molecular weight is 306 g/mol. The smallest absolute Gasteiger partial charge is 0.269 e. The van der Waals surface area contributed by atoms with Gasteiger partial charge in [-0.15, -0.1) is 0 Å². The molecule has 0 unspecified atom stereocenters. The van der Waals surface area contributed by atoms with Crippen LogP contribution in [0.1, 0.15) is 15.9 Å². The first-order valence-electron chi connectivity index (χ1n) is 7.07. The van der Waals surface area contributed by atoms with Crippen LogP contribution in [0, 0.1) is 10.1 Å². The van der Waals surface area contributed by atoms with Gasteiger partial charge in [0.05, 0.1) is 4.92 Å².